The van der Waals surface area contributed by atoms with Gasteiger partial charge in [0.2, 0.25) is 0 Å². The lowest BCUT2D eigenvalue weighted by Gasteiger charge is -2.38. The first-order chi connectivity index (χ1) is 8.68. The third kappa shape index (κ3) is 3.69. The zero-order chi connectivity index (χ0) is 13.0. The summed E-state index contributed by atoms with van der Waals surface area (Å²) in [6.45, 7) is 2.40. The Kier molecular flexibility index (Phi) is 5.46. The molecule has 2 rings (SSSR count). The molecule has 0 aromatic carbocycles. The molecule has 0 aromatic rings. The molecule has 3 unspecified atom stereocenters. The lowest BCUT2D eigenvalue weighted by molar-refractivity contribution is 0.0273. The molecule has 0 aromatic heterocycles. The van der Waals surface area contributed by atoms with Crippen molar-refractivity contribution in [2.75, 3.05) is 27.2 Å². The average molecular weight is 254 g/mol. The van der Waals surface area contributed by atoms with Crippen molar-refractivity contribution in [2.24, 2.45) is 0 Å². The summed E-state index contributed by atoms with van der Waals surface area (Å²) in [5, 5.41) is 10.1. The predicted octanol–water partition coefficient (Wildman–Crippen LogP) is 2.10. The molecule has 1 heterocycles. The molecule has 1 saturated carbocycles. The second kappa shape index (κ2) is 6.88. The van der Waals surface area contributed by atoms with Crippen molar-refractivity contribution in [3.8, 4) is 0 Å². The van der Waals surface area contributed by atoms with Crippen molar-refractivity contribution in [1.29, 1.82) is 0 Å². The minimum absolute atomic E-state index is 0.0900. The summed E-state index contributed by atoms with van der Waals surface area (Å²) in [6, 6.07) is 1.18. The molecule has 1 saturated heterocycles. The first-order valence-corrected chi connectivity index (χ1v) is 7.77. The van der Waals surface area contributed by atoms with Crippen molar-refractivity contribution >= 4 is 0 Å². The van der Waals surface area contributed by atoms with E-state index in [9.17, 15) is 5.11 Å². The minimum Gasteiger partial charge on any atom is -0.391 e. The van der Waals surface area contributed by atoms with Gasteiger partial charge in [0.1, 0.15) is 0 Å². The fraction of sp³-hybridized carbons (Fsp3) is 1.00. The number of likely N-dealkylation sites (tertiary alicyclic amines) is 1. The highest BCUT2D eigenvalue weighted by molar-refractivity contribution is 4.83. The molecule has 1 N–H and O–H groups in total. The molecule has 0 bridgehead atoms. The van der Waals surface area contributed by atoms with Crippen LogP contribution in [0.5, 0.6) is 0 Å². The maximum Gasteiger partial charge on any atom is 0.0695 e. The van der Waals surface area contributed by atoms with Crippen LogP contribution in [0.3, 0.4) is 0 Å². The van der Waals surface area contributed by atoms with Gasteiger partial charge in [-0.05, 0) is 59.3 Å². The Labute approximate surface area is 112 Å². The van der Waals surface area contributed by atoms with Crippen molar-refractivity contribution in [1.82, 2.24) is 9.80 Å². The second-order valence-electron chi connectivity index (χ2n) is 6.32. The van der Waals surface area contributed by atoms with E-state index in [1.54, 1.807) is 0 Å². The smallest absolute Gasteiger partial charge is 0.0695 e. The Hall–Kier alpha value is -0.120. The predicted molar refractivity (Wildman–Crippen MR) is 75.8 cm³/mol. The number of piperidine rings is 1. The van der Waals surface area contributed by atoms with Gasteiger partial charge < -0.3 is 14.9 Å². The Morgan fingerprint density at radius 1 is 1.11 bits per heavy atom. The van der Waals surface area contributed by atoms with E-state index in [0.717, 1.165) is 19.0 Å². The van der Waals surface area contributed by atoms with E-state index in [1.807, 2.05) is 0 Å². The van der Waals surface area contributed by atoms with Crippen LogP contribution in [0.2, 0.25) is 0 Å². The molecule has 2 fully saturated rings. The Morgan fingerprint density at radius 2 is 1.83 bits per heavy atom. The van der Waals surface area contributed by atoms with Gasteiger partial charge in [-0.2, -0.15) is 0 Å². The number of hydrogen-bond acceptors (Lipinski definition) is 3. The molecule has 18 heavy (non-hydrogen) atoms. The van der Waals surface area contributed by atoms with Gasteiger partial charge in [-0.15, -0.1) is 0 Å². The fourth-order valence-electron chi connectivity index (χ4n) is 3.63. The number of likely N-dealkylation sites (N-methyl/N-ethyl adjacent to an activating group) is 1. The highest BCUT2D eigenvalue weighted by Gasteiger charge is 2.27. The lowest BCUT2D eigenvalue weighted by atomic mass is 9.91. The Balaban J connectivity index is 1.74. The number of rotatable bonds is 4. The van der Waals surface area contributed by atoms with Crippen LogP contribution < -0.4 is 0 Å². The van der Waals surface area contributed by atoms with Crippen molar-refractivity contribution < 1.29 is 5.11 Å². The van der Waals surface area contributed by atoms with Gasteiger partial charge in [-0.25, -0.2) is 0 Å². The zero-order valence-electron chi connectivity index (χ0n) is 12.1. The lowest BCUT2D eigenvalue weighted by Crippen LogP contribution is -2.45. The SMILES string of the molecule is CN1CCCCC1CCN(C)C1CCCCC1O. The van der Waals surface area contributed by atoms with E-state index in [0.29, 0.717) is 6.04 Å². The molecule has 1 aliphatic carbocycles. The van der Waals surface area contributed by atoms with E-state index in [2.05, 4.69) is 23.9 Å². The minimum atomic E-state index is -0.0900. The van der Waals surface area contributed by atoms with Crippen LogP contribution in [-0.2, 0) is 0 Å². The van der Waals surface area contributed by atoms with Gasteiger partial charge in [0.25, 0.3) is 0 Å². The van der Waals surface area contributed by atoms with Crippen LogP contribution in [0.15, 0.2) is 0 Å². The first-order valence-electron chi connectivity index (χ1n) is 7.77. The summed E-state index contributed by atoms with van der Waals surface area (Å²) in [4.78, 5) is 4.93. The zero-order valence-corrected chi connectivity index (χ0v) is 12.1. The summed E-state index contributed by atoms with van der Waals surface area (Å²) in [6.07, 6.45) is 9.96. The molecule has 106 valence electrons. The summed E-state index contributed by atoms with van der Waals surface area (Å²) >= 11 is 0. The molecule has 3 atom stereocenters. The van der Waals surface area contributed by atoms with E-state index in [4.69, 9.17) is 0 Å². The fourth-order valence-corrected chi connectivity index (χ4v) is 3.63. The van der Waals surface area contributed by atoms with Gasteiger partial charge in [0.05, 0.1) is 6.10 Å². The van der Waals surface area contributed by atoms with Gasteiger partial charge in [0.15, 0.2) is 0 Å². The molecule has 1 aliphatic heterocycles. The summed E-state index contributed by atoms with van der Waals surface area (Å²) in [5.41, 5.74) is 0. The Bertz CT molecular complexity index is 247. The van der Waals surface area contributed by atoms with Crippen LogP contribution >= 0.6 is 0 Å². The van der Waals surface area contributed by atoms with Gasteiger partial charge in [-0.1, -0.05) is 19.3 Å². The topological polar surface area (TPSA) is 26.7 Å². The standard InChI is InChI=1S/C15H30N2O/c1-16-11-6-5-7-13(16)10-12-17(2)14-8-3-4-9-15(14)18/h13-15,18H,3-12H2,1-2H3. The van der Waals surface area contributed by atoms with Crippen LogP contribution in [0.4, 0.5) is 0 Å². The van der Waals surface area contributed by atoms with Gasteiger partial charge >= 0.3 is 0 Å². The van der Waals surface area contributed by atoms with Gasteiger partial charge in [0, 0.05) is 12.1 Å². The van der Waals surface area contributed by atoms with Crippen LogP contribution in [0, 0.1) is 0 Å². The van der Waals surface area contributed by atoms with E-state index < -0.39 is 0 Å². The third-order valence-corrected chi connectivity index (χ3v) is 5.00. The molecule has 2 aliphatic rings. The first kappa shape index (κ1) is 14.3. The van der Waals surface area contributed by atoms with Crippen LogP contribution in [0.1, 0.15) is 51.4 Å². The average Bonchev–Trinajstić information content (AvgIpc) is 2.38. The third-order valence-electron chi connectivity index (χ3n) is 5.00. The number of hydrogen-bond donors (Lipinski definition) is 1. The number of aliphatic hydroxyl groups excluding tert-OH is 1. The molecule has 0 radical (unpaired) electrons. The molecular formula is C15H30N2O. The second-order valence-corrected chi connectivity index (χ2v) is 6.32. The van der Waals surface area contributed by atoms with E-state index in [1.165, 1.54) is 51.5 Å². The maximum absolute atomic E-state index is 10.1. The summed E-state index contributed by atoms with van der Waals surface area (Å²) in [5.74, 6) is 0. The van der Waals surface area contributed by atoms with Crippen molar-refractivity contribution in [3.05, 3.63) is 0 Å². The molecule has 3 nitrogen and oxygen atoms in total. The van der Waals surface area contributed by atoms with E-state index in [-0.39, 0.29) is 6.10 Å². The normalized spacial score (nSPS) is 35.0. The number of nitrogens with zero attached hydrogens (tertiary/aromatic N) is 2. The highest BCUT2D eigenvalue weighted by Crippen LogP contribution is 2.24. The molecule has 3 heteroatoms. The van der Waals surface area contributed by atoms with Crippen LogP contribution in [-0.4, -0.2) is 60.3 Å². The number of aliphatic hydroxyl groups is 1. The highest BCUT2D eigenvalue weighted by atomic mass is 16.3. The van der Waals surface area contributed by atoms with Crippen molar-refractivity contribution in [3.63, 3.8) is 0 Å². The summed E-state index contributed by atoms with van der Waals surface area (Å²) < 4.78 is 0. The molecule has 0 amide bonds. The maximum atomic E-state index is 10.1. The Morgan fingerprint density at radius 3 is 2.56 bits per heavy atom. The van der Waals surface area contributed by atoms with Gasteiger partial charge in [-0.3, -0.25) is 0 Å². The molecule has 0 spiro atoms. The summed E-state index contributed by atoms with van der Waals surface area (Å²) in [7, 11) is 4.46. The largest absolute Gasteiger partial charge is 0.391 e. The monoisotopic (exact) mass is 254 g/mol. The van der Waals surface area contributed by atoms with Crippen LogP contribution in [0.25, 0.3) is 0 Å². The molecular weight excluding hydrogens is 224 g/mol. The van der Waals surface area contributed by atoms with Crippen molar-refractivity contribution in [2.45, 2.75) is 69.6 Å². The quantitative estimate of drug-likeness (QED) is 0.832. The van der Waals surface area contributed by atoms with E-state index >= 15 is 0 Å².